The minimum atomic E-state index is -0.314. The van der Waals surface area contributed by atoms with Gasteiger partial charge in [-0.05, 0) is 12.1 Å². The zero-order valence-corrected chi connectivity index (χ0v) is 9.08. The minimum Gasteiger partial charge on any atom is -0.397 e. The summed E-state index contributed by atoms with van der Waals surface area (Å²) in [6.07, 6.45) is 1.58. The third kappa shape index (κ3) is 1.46. The second kappa shape index (κ2) is 2.95. The number of halogens is 1. The summed E-state index contributed by atoms with van der Waals surface area (Å²) in [7, 11) is 0. The molecule has 2 aromatic rings. The smallest absolute Gasteiger partial charge is 0.152 e. The van der Waals surface area contributed by atoms with E-state index in [2.05, 4.69) is 5.10 Å². The van der Waals surface area contributed by atoms with Crippen LogP contribution in [0.4, 0.5) is 10.1 Å². The molecule has 0 aromatic carbocycles. The van der Waals surface area contributed by atoms with Crippen LogP contribution in [0.5, 0.6) is 0 Å². The Morgan fingerprint density at radius 1 is 1.40 bits per heavy atom. The summed E-state index contributed by atoms with van der Waals surface area (Å²) in [4.78, 5) is 0. The zero-order chi connectivity index (χ0) is 11.2. The van der Waals surface area contributed by atoms with Crippen LogP contribution in [0.3, 0.4) is 0 Å². The average Bonchev–Trinajstić information content (AvgIpc) is 2.44. The summed E-state index contributed by atoms with van der Waals surface area (Å²) in [5.74, 6) is -0.314. The lowest BCUT2D eigenvalue weighted by Crippen LogP contribution is -2.15. The van der Waals surface area contributed by atoms with Crippen molar-refractivity contribution in [1.29, 1.82) is 0 Å². The Morgan fingerprint density at radius 2 is 2.07 bits per heavy atom. The fourth-order valence-electron chi connectivity index (χ4n) is 1.64. The first-order valence-corrected chi connectivity index (χ1v) is 4.83. The van der Waals surface area contributed by atoms with Crippen LogP contribution in [0.2, 0.25) is 0 Å². The van der Waals surface area contributed by atoms with Crippen molar-refractivity contribution in [2.24, 2.45) is 0 Å². The van der Waals surface area contributed by atoms with Crippen molar-refractivity contribution >= 4 is 11.2 Å². The van der Waals surface area contributed by atoms with Crippen LogP contribution in [0, 0.1) is 5.82 Å². The molecule has 0 aliphatic rings. The topological polar surface area (TPSA) is 43.3 Å². The van der Waals surface area contributed by atoms with E-state index in [-0.39, 0.29) is 11.2 Å². The average molecular weight is 207 g/mol. The van der Waals surface area contributed by atoms with E-state index in [4.69, 9.17) is 5.73 Å². The fourth-order valence-corrected chi connectivity index (χ4v) is 1.64. The van der Waals surface area contributed by atoms with E-state index in [9.17, 15) is 4.39 Å². The van der Waals surface area contributed by atoms with Crippen LogP contribution in [0.15, 0.2) is 18.3 Å². The Balaban J connectivity index is 2.85. The lowest BCUT2D eigenvalue weighted by atomic mass is 9.92. The van der Waals surface area contributed by atoms with Gasteiger partial charge in [0.2, 0.25) is 0 Å². The first-order chi connectivity index (χ1) is 6.91. The van der Waals surface area contributed by atoms with Crippen molar-refractivity contribution in [2.45, 2.75) is 26.2 Å². The van der Waals surface area contributed by atoms with Crippen molar-refractivity contribution in [3.05, 3.63) is 29.8 Å². The highest BCUT2D eigenvalue weighted by Crippen LogP contribution is 2.28. The highest BCUT2D eigenvalue weighted by atomic mass is 19.1. The number of anilines is 1. The standard InChI is InChI=1S/C11H14FN3/c1-11(2,3)9-6-7(12)10-8(13)4-5-14-15(9)10/h4-6H,13H2,1-3H3. The number of aromatic nitrogens is 2. The molecule has 0 unspecified atom stereocenters. The zero-order valence-electron chi connectivity index (χ0n) is 9.08. The van der Waals surface area contributed by atoms with Crippen LogP contribution >= 0.6 is 0 Å². The fraction of sp³-hybridized carbons (Fsp3) is 0.364. The number of hydrogen-bond donors (Lipinski definition) is 1. The molecule has 0 atom stereocenters. The first kappa shape index (κ1) is 9.96. The summed E-state index contributed by atoms with van der Waals surface area (Å²) in [5.41, 5.74) is 7.15. The van der Waals surface area contributed by atoms with E-state index in [0.717, 1.165) is 5.69 Å². The maximum atomic E-state index is 13.7. The molecular weight excluding hydrogens is 193 g/mol. The maximum Gasteiger partial charge on any atom is 0.152 e. The lowest BCUT2D eigenvalue weighted by Gasteiger charge is -2.17. The highest BCUT2D eigenvalue weighted by molar-refractivity contribution is 5.70. The normalized spacial score (nSPS) is 12.3. The number of nitrogens with zero attached hydrogens (tertiary/aromatic N) is 2. The molecule has 0 bridgehead atoms. The van der Waals surface area contributed by atoms with E-state index in [0.29, 0.717) is 11.2 Å². The quantitative estimate of drug-likeness (QED) is 0.720. The van der Waals surface area contributed by atoms with Crippen LogP contribution in [-0.4, -0.2) is 9.61 Å². The Labute approximate surface area is 87.7 Å². The second-order valence-electron chi connectivity index (χ2n) is 4.67. The third-order valence-electron chi connectivity index (χ3n) is 2.41. The van der Waals surface area contributed by atoms with Gasteiger partial charge in [-0.25, -0.2) is 8.91 Å². The number of nitrogen functional groups attached to an aromatic ring is 1. The summed E-state index contributed by atoms with van der Waals surface area (Å²) in [6.45, 7) is 6.04. The molecule has 0 aliphatic carbocycles. The highest BCUT2D eigenvalue weighted by Gasteiger charge is 2.22. The van der Waals surface area contributed by atoms with E-state index >= 15 is 0 Å². The minimum absolute atomic E-state index is 0.159. The number of hydrogen-bond acceptors (Lipinski definition) is 2. The van der Waals surface area contributed by atoms with Crippen molar-refractivity contribution in [3.8, 4) is 0 Å². The van der Waals surface area contributed by atoms with Gasteiger partial charge in [-0.3, -0.25) is 0 Å². The first-order valence-electron chi connectivity index (χ1n) is 4.83. The van der Waals surface area contributed by atoms with Crippen molar-refractivity contribution in [1.82, 2.24) is 9.61 Å². The van der Waals surface area contributed by atoms with Gasteiger partial charge in [-0.1, -0.05) is 20.8 Å². The molecule has 0 amide bonds. The third-order valence-corrected chi connectivity index (χ3v) is 2.41. The molecule has 15 heavy (non-hydrogen) atoms. The predicted octanol–water partition coefficient (Wildman–Crippen LogP) is 2.35. The van der Waals surface area contributed by atoms with E-state index in [1.165, 1.54) is 6.07 Å². The molecule has 0 aliphatic heterocycles. The summed E-state index contributed by atoms with van der Waals surface area (Å²) in [6, 6.07) is 3.10. The molecule has 2 aromatic heterocycles. The van der Waals surface area contributed by atoms with Gasteiger partial charge in [-0.2, -0.15) is 5.10 Å². The Bertz CT molecular complexity index is 508. The van der Waals surface area contributed by atoms with Crippen molar-refractivity contribution in [2.75, 3.05) is 5.73 Å². The van der Waals surface area contributed by atoms with Gasteiger partial charge >= 0.3 is 0 Å². The molecule has 3 nitrogen and oxygen atoms in total. The van der Waals surface area contributed by atoms with Gasteiger partial charge < -0.3 is 5.73 Å². The van der Waals surface area contributed by atoms with Gasteiger partial charge in [0.1, 0.15) is 5.52 Å². The molecule has 0 saturated carbocycles. The van der Waals surface area contributed by atoms with Crippen LogP contribution in [-0.2, 0) is 5.41 Å². The molecule has 0 radical (unpaired) electrons. The SMILES string of the molecule is CC(C)(C)c1cc(F)c2c(N)ccnn12. The number of rotatable bonds is 0. The predicted molar refractivity (Wildman–Crippen MR) is 58.3 cm³/mol. The lowest BCUT2D eigenvalue weighted by molar-refractivity contribution is 0.550. The molecule has 2 heterocycles. The monoisotopic (exact) mass is 207 g/mol. The molecule has 80 valence electrons. The molecule has 4 heteroatoms. The Kier molecular flexibility index (Phi) is 1.96. The van der Waals surface area contributed by atoms with Crippen molar-refractivity contribution in [3.63, 3.8) is 0 Å². The van der Waals surface area contributed by atoms with Crippen molar-refractivity contribution < 1.29 is 4.39 Å². The summed E-state index contributed by atoms with van der Waals surface area (Å²) < 4.78 is 15.2. The van der Waals surface area contributed by atoms with Crippen LogP contribution in [0.1, 0.15) is 26.5 Å². The molecule has 0 spiro atoms. The van der Waals surface area contributed by atoms with Gasteiger partial charge in [0.15, 0.2) is 5.82 Å². The van der Waals surface area contributed by atoms with E-state index < -0.39 is 0 Å². The Hall–Kier alpha value is -1.58. The van der Waals surface area contributed by atoms with Gasteiger partial charge in [0, 0.05) is 11.6 Å². The summed E-state index contributed by atoms with van der Waals surface area (Å²) in [5, 5.41) is 4.13. The maximum absolute atomic E-state index is 13.7. The largest absolute Gasteiger partial charge is 0.397 e. The molecular formula is C11H14FN3. The second-order valence-corrected chi connectivity index (χ2v) is 4.67. The number of nitrogens with two attached hydrogens (primary N) is 1. The number of fused-ring (bicyclic) bond motifs is 1. The van der Waals surface area contributed by atoms with Gasteiger partial charge in [0.25, 0.3) is 0 Å². The van der Waals surface area contributed by atoms with Crippen LogP contribution in [0.25, 0.3) is 5.52 Å². The molecule has 0 saturated heterocycles. The van der Waals surface area contributed by atoms with E-state index in [1.54, 1.807) is 16.8 Å². The van der Waals surface area contributed by atoms with Gasteiger partial charge in [-0.15, -0.1) is 0 Å². The molecule has 0 fully saturated rings. The molecule has 2 N–H and O–H groups in total. The van der Waals surface area contributed by atoms with Crippen LogP contribution < -0.4 is 5.73 Å². The summed E-state index contributed by atoms with van der Waals surface area (Å²) >= 11 is 0. The Morgan fingerprint density at radius 3 is 2.67 bits per heavy atom. The van der Waals surface area contributed by atoms with E-state index in [1.807, 2.05) is 20.8 Å². The van der Waals surface area contributed by atoms with Gasteiger partial charge in [0.05, 0.1) is 11.4 Å². The molecule has 2 rings (SSSR count).